The van der Waals surface area contributed by atoms with Crippen LogP contribution in [0.3, 0.4) is 0 Å². The third kappa shape index (κ3) is 2.39. The molecular weight excluding hydrogens is 260 g/mol. The van der Waals surface area contributed by atoms with Crippen molar-refractivity contribution in [2.24, 2.45) is 0 Å². The molecule has 0 bridgehead atoms. The van der Waals surface area contributed by atoms with E-state index in [1.165, 1.54) is 0 Å². The fraction of sp³-hybridized carbons (Fsp3) is 0.364. The van der Waals surface area contributed by atoms with Crippen LogP contribution in [0.15, 0.2) is 23.1 Å². The normalized spacial score (nSPS) is 12.6. The molecule has 1 unspecified atom stereocenters. The van der Waals surface area contributed by atoms with Gasteiger partial charge in [-0.3, -0.25) is 4.79 Å². The van der Waals surface area contributed by atoms with Crippen LogP contribution in [-0.4, -0.2) is 5.78 Å². The average molecular weight is 273 g/mol. The minimum Gasteiger partial charge on any atom is -0.298 e. The Hall–Kier alpha value is -0.280. The molecule has 0 spiro atoms. The summed E-state index contributed by atoms with van der Waals surface area (Å²) in [6, 6.07) is 5.85. The number of Topliss-reactive ketones (excluding diaryl/α,β-unsaturated/α-hetero) is 1. The van der Waals surface area contributed by atoms with Gasteiger partial charge in [-0.2, -0.15) is 0 Å². The number of carbonyl (C=O) groups excluding carboxylic acids is 1. The van der Waals surface area contributed by atoms with Crippen molar-refractivity contribution in [3.8, 4) is 0 Å². The second kappa shape index (κ2) is 4.99. The lowest BCUT2D eigenvalue weighted by Gasteiger charge is -2.13. The average Bonchev–Trinajstić information content (AvgIpc) is 2.16. The smallest absolute Gasteiger partial charge is 0.147 e. The Bertz CT molecular complexity index is 349. The molecule has 0 radical (unpaired) electrons. The highest BCUT2D eigenvalue weighted by atomic mass is 79.9. The van der Waals surface area contributed by atoms with E-state index in [1.54, 1.807) is 6.92 Å². The number of thiol groups is 1. The Morgan fingerprint density at radius 2 is 2.21 bits per heavy atom. The number of benzene rings is 1. The number of halogens is 1. The van der Waals surface area contributed by atoms with Crippen LogP contribution in [-0.2, 0) is 11.2 Å². The molecule has 0 N–H and O–H groups in total. The monoisotopic (exact) mass is 272 g/mol. The van der Waals surface area contributed by atoms with Gasteiger partial charge in [0.1, 0.15) is 5.78 Å². The standard InChI is InChI=1S/C11H13BrOS/c1-3-8-9(11(12)7(2)13)5-4-6-10(8)14/h4-6,11,14H,3H2,1-2H3. The molecule has 0 aliphatic carbocycles. The maximum atomic E-state index is 11.3. The van der Waals surface area contributed by atoms with Crippen LogP contribution < -0.4 is 0 Å². The maximum Gasteiger partial charge on any atom is 0.147 e. The van der Waals surface area contributed by atoms with Gasteiger partial charge in [-0.15, -0.1) is 12.6 Å². The van der Waals surface area contributed by atoms with E-state index in [4.69, 9.17) is 0 Å². The topological polar surface area (TPSA) is 17.1 Å². The van der Waals surface area contributed by atoms with Crippen LogP contribution in [0.5, 0.6) is 0 Å². The van der Waals surface area contributed by atoms with Crippen molar-refractivity contribution >= 4 is 34.3 Å². The molecule has 1 aromatic rings. The van der Waals surface area contributed by atoms with Crippen molar-refractivity contribution in [1.29, 1.82) is 0 Å². The summed E-state index contributed by atoms with van der Waals surface area (Å²) in [4.78, 5) is 12.0. The summed E-state index contributed by atoms with van der Waals surface area (Å²) in [7, 11) is 0. The van der Waals surface area contributed by atoms with E-state index in [0.717, 1.165) is 22.4 Å². The van der Waals surface area contributed by atoms with Crippen LogP contribution >= 0.6 is 28.6 Å². The molecule has 76 valence electrons. The van der Waals surface area contributed by atoms with E-state index in [2.05, 4.69) is 35.5 Å². The molecule has 0 aromatic heterocycles. The van der Waals surface area contributed by atoms with Gasteiger partial charge in [0.2, 0.25) is 0 Å². The summed E-state index contributed by atoms with van der Waals surface area (Å²) < 4.78 is 0. The molecule has 1 rings (SSSR count). The minimum absolute atomic E-state index is 0.124. The molecule has 0 amide bonds. The zero-order valence-electron chi connectivity index (χ0n) is 8.25. The summed E-state index contributed by atoms with van der Waals surface area (Å²) in [5.41, 5.74) is 2.18. The second-order valence-corrected chi connectivity index (χ2v) is 4.57. The first kappa shape index (κ1) is 11.8. The first-order valence-electron chi connectivity index (χ1n) is 4.53. The molecule has 1 atom stereocenters. The van der Waals surface area contributed by atoms with Gasteiger partial charge in [-0.1, -0.05) is 35.0 Å². The van der Waals surface area contributed by atoms with E-state index in [9.17, 15) is 4.79 Å². The van der Waals surface area contributed by atoms with Crippen molar-refractivity contribution in [1.82, 2.24) is 0 Å². The van der Waals surface area contributed by atoms with Crippen LogP contribution in [0.1, 0.15) is 29.8 Å². The number of ketones is 1. The molecule has 0 saturated heterocycles. The highest BCUT2D eigenvalue weighted by molar-refractivity contribution is 9.09. The van der Waals surface area contributed by atoms with Gasteiger partial charge in [0.05, 0.1) is 4.83 Å². The van der Waals surface area contributed by atoms with Crippen molar-refractivity contribution < 1.29 is 4.79 Å². The maximum absolute atomic E-state index is 11.3. The van der Waals surface area contributed by atoms with Crippen molar-refractivity contribution in [3.05, 3.63) is 29.3 Å². The van der Waals surface area contributed by atoms with E-state index < -0.39 is 0 Å². The number of hydrogen-bond donors (Lipinski definition) is 1. The fourth-order valence-corrected chi connectivity index (χ4v) is 2.24. The fourth-order valence-electron chi connectivity index (χ4n) is 1.43. The molecule has 0 heterocycles. The van der Waals surface area contributed by atoms with Crippen LogP contribution in [0.4, 0.5) is 0 Å². The summed E-state index contributed by atoms with van der Waals surface area (Å²) in [6.07, 6.45) is 0.893. The summed E-state index contributed by atoms with van der Waals surface area (Å²) >= 11 is 7.77. The third-order valence-electron chi connectivity index (χ3n) is 2.17. The summed E-state index contributed by atoms with van der Waals surface area (Å²) in [6.45, 7) is 3.66. The largest absolute Gasteiger partial charge is 0.298 e. The number of hydrogen-bond acceptors (Lipinski definition) is 2. The zero-order valence-corrected chi connectivity index (χ0v) is 10.7. The molecule has 3 heteroatoms. The van der Waals surface area contributed by atoms with Gasteiger partial charge >= 0.3 is 0 Å². The Labute approximate surface area is 98.4 Å². The number of alkyl halides is 1. The van der Waals surface area contributed by atoms with Gasteiger partial charge in [-0.25, -0.2) is 0 Å². The molecular formula is C11H13BrOS. The molecule has 0 aliphatic heterocycles. The highest BCUT2D eigenvalue weighted by Gasteiger charge is 2.16. The predicted octanol–water partition coefficient (Wildman–Crippen LogP) is 3.56. The Balaban J connectivity index is 3.20. The number of carbonyl (C=O) groups is 1. The SMILES string of the molecule is CCc1c(S)cccc1C(Br)C(C)=O. The summed E-state index contributed by atoms with van der Waals surface area (Å²) in [5, 5.41) is 0. The number of rotatable bonds is 3. The molecule has 0 saturated carbocycles. The van der Waals surface area contributed by atoms with Crippen molar-refractivity contribution in [2.45, 2.75) is 30.0 Å². The predicted molar refractivity (Wildman–Crippen MR) is 65.4 cm³/mol. The Kier molecular flexibility index (Phi) is 4.20. The lowest BCUT2D eigenvalue weighted by Crippen LogP contribution is -2.04. The second-order valence-electron chi connectivity index (χ2n) is 3.17. The Morgan fingerprint density at radius 1 is 1.57 bits per heavy atom. The van der Waals surface area contributed by atoms with E-state index >= 15 is 0 Å². The van der Waals surface area contributed by atoms with E-state index in [1.807, 2.05) is 18.2 Å². The van der Waals surface area contributed by atoms with Crippen LogP contribution in [0, 0.1) is 0 Å². The molecule has 0 fully saturated rings. The van der Waals surface area contributed by atoms with E-state index in [-0.39, 0.29) is 10.6 Å². The van der Waals surface area contributed by atoms with Gasteiger partial charge in [0.15, 0.2) is 0 Å². The lowest BCUT2D eigenvalue weighted by molar-refractivity contribution is -0.116. The van der Waals surface area contributed by atoms with Crippen LogP contribution in [0.2, 0.25) is 0 Å². The molecule has 14 heavy (non-hydrogen) atoms. The molecule has 0 aliphatic rings. The van der Waals surface area contributed by atoms with Gasteiger partial charge in [0.25, 0.3) is 0 Å². The molecule has 1 aromatic carbocycles. The van der Waals surface area contributed by atoms with E-state index in [0.29, 0.717) is 0 Å². The Morgan fingerprint density at radius 3 is 2.71 bits per heavy atom. The van der Waals surface area contributed by atoms with Gasteiger partial charge < -0.3 is 0 Å². The first-order valence-corrected chi connectivity index (χ1v) is 5.89. The highest BCUT2D eigenvalue weighted by Crippen LogP contribution is 2.30. The first-order chi connectivity index (χ1) is 6.57. The quantitative estimate of drug-likeness (QED) is 0.658. The van der Waals surface area contributed by atoms with Crippen LogP contribution in [0.25, 0.3) is 0 Å². The van der Waals surface area contributed by atoms with Gasteiger partial charge in [-0.05, 0) is 30.5 Å². The zero-order chi connectivity index (χ0) is 10.7. The summed E-state index contributed by atoms with van der Waals surface area (Å²) in [5.74, 6) is 0.124. The minimum atomic E-state index is -0.204. The van der Waals surface area contributed by atoms with Crippen molar-refractivity contribution in [2.75, 3.05) is 0 Å². The van der Waals surface area contributed by atoms with Gasteiger partial charge in [0, 0.05) is 4.90 Å². The van der Waals surface area contributed by atoms with Crippen molar-refractivity contribution in [3.63, 3.8) is 0 Å². The third-order valence-corrected chi connectivity index (χ3v) is 3.73. The molecule has 1 nitrogen and oxygen atoms in total. The lowest BCUT2D eigenvalue weighted by atomic mass is 10.0.